The molecule has 2 rings (SSSR count). The molecular formula is C15H19NO2. The highest BCUT2D eigenvalue weighted by Crippen LogP contribution is 2.18. The molecule has 1 aromatic carbocycles. The summed E-state index contributed by atoms with van der Waals surface area (Å²) in [7, 11) is 1.91. The Balaban J connectivity index is 2.00. The van der Waals surface area contributed by atoms with Crippen LogP contribution < -0.4 is 10.1 Å². The maximum Gasteiger partial charge on any atom is 0.146 e. The second-order valence-corrected chi connectivity index (χ2v) is 4.45. The molecule has 1 heterocycles. The third kappa shape index (κ3) is 3.14. The highest BCUT2D eigenvalue weighted by atomic mass is 16.5. The fraction of sp³-hybridized carbons (Fsp3) is 0.333. The van der Waals surface area contributed by atoms with Gasteiger partial charge in [0.15, 0.2) is 0 Å². The zero-order valence-electron chi connectivity index (χ0n) is 11.1. The fourth-order valence-corrected chi connectivity index (χ4v) is 1.86. The molecule has 0 aliphatic rings. The average molecular weight is 245 g/mol. The third-order valence-corrected chi connectivity index (χ3v) is 2.78. The van der Waals surface area contributed by atoms with Gasteiger partial charge in [0, 0.05) is 0 Å². The number of rotatable bonds is 5. The van der Waals surface area contributed by atoms with Gasteiger partial charge in [-0.2, -0.15) is 0 Å². The molecular weight excluding hydrogens is 226 g/mol. The summed E-state index contributed by atoms with van der Waals surface area (Å²) in [5.41, 5.74) is 2.35. The van der Waals surface area contributed by atoms with Gasteiger partial charge in [-0.1, -0.05) is 12.1 Å². The molecule has 0 spiro atoms. The Hall–Kier alpha value is -1.74. The molecule has 0 saturated heterocycles. The molecule has 0 atom stereocenters. The summed E-state index contributed by atoms with van der Waals surface area (Å²) >= 11 is 0. The number of nitrogens with one attached hydrogen (secondary N) is 1. The van der Waals surface area contributed by atoms with E-state index in [2.05, 4.69) is 18.3 Å². The Morgan fingerprint density at radius 2 is 2.06 bits per heavy atom. The Kier molecular flexibility index (Phi) is 4.05. The molecule has 18 heavy (non-hydrogen) atoms. The number of hydrogen-bond acceptors (Lipinski definition) is 3. The normalized spacial score (nSPS) is 10.6. The smallest absolute Gasteiger partial charge is 0.146 e. The summed E-state index contributed by atoms with van der Waals surface area (Å²) in [4.78, 5) is 0. The van der Waals surface area contributed by atoms with Gasteiger partial charge in [-0.05, 0) is 50.2 Å². The number of aryl methyl sites for hydroxylation is 2. The quantitative estimate of drug-likeness (QED) is 0.878. The highest BCUT2D eigenvalue weighted by Gasteiger charge is 2.07. The minimum atomic E-state index is 0.466. The van der Waals surface area contributed by atoms with Crippen LogP contribution in [0, 0.1) is 13.8 Å². The largest absolute Gasteiger partial charge is 0.486 e. The Labute approximate surface area is 108 Å². The molecule has 0 fully saturated rings. The molecule has 1 N–H and O–H groups in total. The first kappa shape index (κ1) is 12.7. The second-order valence-electron chi connectivity index (χ2n) is 4.45. The summed E-state index contributed by atoms with van der Waals surface area (Å²) < 4.78 is 11.4. The van der Waals surface area contributed by atoms with Crippen LogP contribution >= 0.6 is 0 Å². The lowest BCUT2D eigenvalue weighted by Gasteiger charge is -2.04. The van der Waals surface area contributed by atoms with Crippen molar-refractivity contribution in [3.63, 3.8) is 0 Å². The van der Waals surface area contributed by atoms with Crippen molar-refractivity contribution in [2.75, 3.05) is 7.05 Å². The topological polar surface area (TPSA) is 34.4 Å². The van der Waals surface area contributed by atoms with Crippen molar-refractivity contribution >= 4 is 0 Å². The van der Waals surface area contributed by atoms with Crippen molar-refractivity contribution in [1.29, 1.82) is 0 Å². The second kappa shape index (κ2) is 5.74. The number of benzene rings is 1. The molecule has 0 amide bonds. The first-order valence-corrected chi connectivity index (χ1v) is 6.11. The van der Waals surface area contributed by atoms with E-state index in [9.17, 15) is 0 Å². The van der Waals surface area contributed by atoms with Gasteiger partial charge in [0.25, 0.3) is 0 Å². The van der Waals surface area contributed by atoms with Gasteiger partial charge >= 0.3 is 0 Å². The summed E-state index contributed by atoms with van der Waals surface area (Å²) in [5.74, 6) is 2.71. The predicted molar refractivity (Wildman–Crippen MR) is 71.7 cm³/mol. The zero-order valence-corrected chi connectivity index (χ0v) is 11.1. The SMILES string of the molecule is CNCc1oc(COc2cccc(C)c2)cc1C. The van der Waals surface area contributed by atoms with E-state index in [-0.39, 0.29) is 0 Å². The lowest BCUT2D eigenvalue weighted by molar-refractivity contribution is 0.265. The van der Waals surface area contributed by atoms with E-state index < -0.39 is 0 Å². The van der Waals surface area contributed by atoms with Crippen LogP contribution in [0.2, 0.25) is 0 Å². The maximum absolute atomic E-state index is 5.72. The third-order valence-electron chi connectivity index (χ3n) is 2.78. The molecule has 96 valence electrons. The van der Waals surface area contributed by atoms with E-state index in [1.54, 1.807) is 0 Å². The monoisotopic (exact) mass is 245 g/mol. The van der Waals surface area contributed by atoms with Crippen molar-refractivity contribution in [1.82, 2.24) is 5.32 Å². The highest BCUT2D eigenvalue weighted by molar-refractivity contribution is 5.28. The molecule has 0 unspecified atom stereocenters. The van der Waals surface area contributed by atoms with E-state index in [0.717, 1.165) is 29.4 Å². The molecule has 3 nitrogen and oxygen atoms in total. The van der Waals surface area contributed by atoms with Crippen molar-refractivity contribution < 1.29 is 9.15 Å². The van der Waals surface area contributed by atoms with E-state index in [0.29, 0.717) is 6.61 Å². The van der Waals surface area contributed by atoms with Crippen LogP contribution in [-0.4, -0.2) is 7.05 Å². The van der Waals surface area contributed by atoms with Gasteiger partial charge < -0.3 is 14.5 Å². The Morgan fingerprint density at radius 1 is 1.22 bits per heavy atom. The molecule has 2 aromatic rings. The van der Waals surface area contributed by atoms with Gasteiger partial charge in [0.05, 0.1) is 6.54 Å². The lowest BCUT2D eigenvalue weighted by Crippen LogP contribution is -2.04. The van der Waals surface area contributed by atoms with E-state index >= 15 is 0 Å². The van der Waals surface area contributed by atoms with Crippen molar-refractivity contribution in [2.45, 2.75) is 27.0 Å². The molecule has 0 aliphatic carbocycles. The van der Waals surface area contributed by atoms with Crippen LogP contribution in [0.25, 0.3) is 0 Å². The van der Waals surface area contributed by atoms with Crippen LogP contribution in [0.5, 0.6) is 5.75 Å². The molecule has 1 aromatic heterocycles. The van der Waals surface area contributed by atoms with Crippen LogP contribution in [0.15, 0.2) is 34.7 Å². The Bertz CT molecular complexity index is 517. The first-order valence-electron chi connectivity index (χ1n) is 6.11. The first-order chi connectivity index (χ1) is 8.69. The van der Waals surface area contributed by atoms with E-state index in [1.807, 2.05) is 38.2 Å². The molecule has 3 heteroatoms. The summed E-state index contributed by atoms with van der Waals surface area (Å²) in [6, 6.07) is 10.0. The number of furan rings is 1. The summed E-state index contributed by atoms with van der Waals surface area (Å²) in [6.07, 6.45) is 0. The van der Waals surface area contributed by atoms with Crippen LogP contribution in [-0.2, 0) is 13.2 Å². The molecule has 0 saturated carbocycles. The van der Waals surface area contributed by atoms with Gasteiger partial charge in [-0.15, -0.1) is 0 Å². The zero-order chi connectivity index (χ0) is 13.0. The lowest BCUT2D eigenvalue weighted by atomic mass is 10.2. The van der Waals surface area contributed by atoms with Gasteiger partial charge in [-0.25, -0.2) is 0 Å². The molecule has 0 bridgehead atoms. The minimum absolute atomic E-state index is 0.466. The summed E-state index contributed by atoms with van der Waals surface area (Å²) in [6.45, 7) is 5.31. The Morgan fingerprint density at radius 3 is 2.78 bits per heavy atom. The van der Waals surface area contributed by atoms with E-state index in [4.69, 9.17) is 9.15 Å². The standard InChI is InChI=1S/C15H19NO2/c1-11-5-4-6-13(7-11)17-10-14-8-12(2)15(18-14)9-16-3/h4-8,16H,9-10H2,1-3H3. The average Bonchev–Trinajstić information content (AvgIpc) is 2.69. The summed E-state index contributed by atoms with van der Waals surface area (Å²) in [5, 5.41) is 3.08. The van der Waals surface area contributed by atoms with Gasteiger partial charge in [-0.3, -0.25) is 0 Å². The van der Waals surface area contributed by atoms with Crippen LogP contribution in [0.1, 0.15) is 22.6 Å². The number of ether oxygens (including phenoxy) is 1. The molecule has 0 aliphatic heterocycles. The van der Waals surface area contributed by atoms with Gasteiger partial charge in [0.1, 0.15) is 23.9 Å². The van der Waals surface area contributed by atoms with Crippen molar-refractivity contribution in [3.05, 3.63) is 53.0 Å². The van der Waals surface area contributed by atoms with Crippen LogP contribution in [0.4, 0.5) is 0 Å². The number of hydrogen-bond donors (Lipinski definition) is 1. The predicted octanol–water partition coefficient (Wildman–Crippen LogP) is 3.19. The van der Waals surface area contributed by atoms with Crippen molar-refractivity contribution in [2.24, 2.45) is 0 Å². The van der Waals surface area contributed by atoms with Crippen LogP contribution in [0.3, 0.4) is 0 Å². The molecule has 0 radical (unpaired) electrons. The van der Waals surface area contributed by atoms with Crippen molar-refractivity contribution in [3.8, 4) is 5.75 Å². The van der Waals surface area contributed by atoms with E-state index in [1.165, 1.54) is 5.56 Å². The minimum Gasteiger partial charge on any atom is -0.486 e. The fourth-order valence-electron chi connectivity index (χ4n) is 1.86. The maximum atomic E-state index is 5.72. The van der Waals surface area contributed by atoms with Gasteiger partial charge in [0.2, 0.25) is 0 Å².